The van der Waals surface area contributed by atoms with E-state index < -0.39 is 6.10 Å². The lowest BCUT2D eigenvalue weighted by molar-refractivity contribution is -0.131. The van der Waals surface area contributed by atoms with E-state index >= 15 is 0 Å². The molecule has 0 aromatic heterocycles. The molecule has 0 aliphatic heterocycles. The fraction of sp³-hybridized carbons (Fsp3) is 0.308. The summed E-state index contributed by atoms with van der Waals surface area (Å²) in [6, 6.07) is 9.74. The van der Waals surface area contributed by atoms with Gasteiger partial charge in [-0.25, -0.2) is 0 Å². The summed E-state index contributed by atoms with van der Waals surface area (Å²) < 4.78 is 0. The normalized spacial score (nSPS) is 11.9. The van der Waals surface area contributed by atoms with Gasteiger partial charge in [0, 0.05) is 13.6 Å². The van der Waals surface area contributed by atoms with Gasteiger partial charge in [-0.05, 0) is 5.56 Å². The van der Waals surface area contributed by atoms with Crippen molar-refractivity contribution in [2.75, 3.05) is 7.05 Å². The molecule has 0 bridgehead atoms. The minimum atomic E-state index is -0.759. The first-order valence-electron chi connectivity index (χ1n) is 5.22. The zero-order chi connectivity index (χ0) is 12.0. The Labute approximate surface area is 96.0 Å². The molecule has 0 aliphatic rings. The third-order valence-electron chi connectivity index (χ3n) is 2.34. The molecular weight excluding hydrogens is 202 g/mol. The molecule has 1 N–H and O–H groups in total. The lowest BCUT2D eigenvalue weighted by Crippen LogP contribution is -2.28. The van der Waals surface area contributed by atoms with E-state index in [1.807, 2.05) is 30.3 Å². The molecule has 3 nitrogen and oxygen atoms in total. The third-order valence-corrected chi connectivity index (χ3v) is 2.34. The highest BCUT2D eigenvalue weighted by Crippen LogP contribution is 2.05. The van der Waals surface area contributed by atoms with Gasteiger partial charge < -0.3 is 10.0 Å². The minimum Gasteiger partial charge on any atom is -0.389 e. The molecule has 1 atom stereocenters. The monoisotopic (exact) mass is 219 g/mol. The average Bonchev–Trinajstić information content (AvgIpc) is 2.30. The van der Waals surface area contributed by atoms with Gasteiger partial charge in [0.25, 0.3) is 0 Å². The number of aliphatic hydroxyl groups is 1. The van der Waals surface area contributed by atoms with E-state index in [2.05, 4.69) is 6.58 Å². The molecule has 1 rings (SSSR count). The van der Waals surface area contributed by atoms with E-state index in [0.29, 0.717) is 6.54 Å². The van der Waals surface area contributed by atoms with Gasteiger partial charge in [-0.2, -0.15) is 0 Å². The van der Waals surface area contributed by atoms with Crippen LogP contribution in [-0.2, 0) is 11.3 Å². The van der Waals surface area contributed by atoms with Crippen LogP contribution in [0.15, 0.2) is 43.0 Å². The van der Waals surface area contributed by atoms with Crippen molar-refractivity contribution in [2.45, 2.75) is 19.1 Å². The van der Waals surface area contributed by atoms with Crippen LogP contribution in [0.1, 0.15) is 12.0 Å². The smallest absolute Gasteiger partial charge is 0.225 e. The van der Waals surface area contributed by atoms with Gasteiger partial charge >= 0.3 is 0 Å². The van der Waals surface area contributed by atoms with Crippen LogP contribution < -0.4 is 0 Å². The predicted molar refractivity (Wildman–Crippen MR) is 63.7 cm³/mol. The third kappa shape index (κ3) is 3.87. The molecule has 0 unspecified atom stereocenters. The Kier molecular flexibility index (Phi) is 4.73. The zero-order valence-electron chi connectivity index (χ0n) is 9.47. The molecule has 0 saturated carbocycles. The van der Waals surface area contributed by atoms with E-state index in [1.54, 1.807) is 11.9 Å². The molecule has 0 fully saturated rings. The van der Waals surface area contributed by atoms with Crippen LogP contribution in [0.4, 0.5) is 0 Å². The van der Waals surface area contributed by atoms with Gasteiger partial charge in [0.05, 0.1) is 12.5 Å². The predicted octanol–water partition coefficient (Wildman–Crippen LogP) is 1.58. The highest BCUT2D eigenvalue weighted by Gasteiger charge is 2.12. The van der Waals surface area contributed by atoms with E-state index in [4.69, 9.17) is 0 Å². The van der Waals surface area contributed by atoms with Crippen molar-refractivity contribution in [3.05, 3.63) is 48.6 Å². The number of aliphatic hydroxyl groups excluding tert-OH is 1. The molecular formula is C13H17NO2. The van der Waals surface area contributed by atoms with Crippen molar-refractivity contribution in [3.8, 4) is 0 Å². The van der Waals surface area contributed by atoms with Crippen molar-refractivity contribution in [1.29, 1.82) is 0 Å². The molecule has 1 amide bonds. The molecule has 86 valence electrons. The van der Waals surface area contributed by atoms with Crippen LogP contribution >= 0.6 is 0 Å². The minimum absolute atomic E-state index is 0.0868. The Bertz CT molecular complexity index is 348. The van der Waals surface area contributed by atoms with Crippen molar-refractivity contribution >= 4 is 5.91 Å². The lowest BCUT2D eigenvalue weighted by Gasteiger charge is -2.18. The second kappa shape index (κ2) is 6.08. The Hall–Kier alpha value is -1.61. The SMILES string of the molecule is C=C[C@H](O)CC(=O)N(C)Cc1ccccc1. The number of hydrogen-bond acceptors (Lipinski definition) is 2. The van der Waals surface area contributed by atoms with E-state index in [9.17, 15) is 9.90 Å². The first kappa shape index (κ1) is 12.5. The van der Waals surface area contributed by atoms with E-state index in [-0.39, 0.29) is 12.3 Å². The van der Waals surface area contributed by atoms with Crippen LogP contribution in [0, 0.1) is 0 Å². The number of nitrogens with zero attached hydrogens (tertiary/aromatic N) is 1. The molecule has 0 saturated heterocycles. The van der Waals surface area contributed by atoms with Gasteiger partial charge in [0.15, 0.2) is 0 Å². The molecule has 0 spiro atoms. The fourth-order valence-electron chi connectivity index (χ4n) is 1.36. The van der Waals surface area contributed by atoms with Crippen LogP contribution in [0.5, 0.6) is 0 Å². The molecule has 1 aromatic carbocycles. The van der Waals surface area contributed by atoms with E-state index in [1.165, 1.54) is 6.08 Å². The highest BCUT2D eigenvalue weighted by molar-refractivity contribution is 5.76. The lowest BCUT2D eigenvalue weighted by atomic mass is 10.2. The molecule has 0 radical (unpaired) electrons. The second-order valence-corrected chi connectivity index (χ2v) is 3.74. The molecule has 16 heavy (non-hydrogen) atoms. The van der Waals surface area contributed by atoms with Crippen LogP contribution in [0.3, 0.4) is 0 Å². The Balaban J connectivity index is 2.49. The number of carbonyl (C=O) groups excluding carboxylic acids is 1. The summed E-state index contributed by atoms with van der Waals surface area (Å²) in [5.74, 6) is -0.0868. The Morgan fingerprint density at radius 2 is 2.12 bits per heavy atom. The largest absolute Gasteiger partial charge is 0.389 e. The van der Waals surface area contributed by atoms with Crippen LogP contribution in [-0.4, -0.2) is 29.1 Å². The summed E-state index contributed by atoms with van der Waals surface area (Å²) in [6.45, 7) is 4.00. The van der Waals surface area contributed by atoms with Crippen molar-refractivity contribution in [3.63, 3.8) is 0 Å². The molecule has 0 aliphatic carbocycles. The summed E-state index contributed by atoms with van der Waals surface area (Å²) in [6.07, 6.45) is 0.701. The number of amides is 1. The van der Waals surface area contributed by atoms with Gasteiger partial charge in [0.1, 0.15) is 0 Å². The Morgan fingerprint density at radius 3 is 2.69 bits per heavy atom. The maximum Gasteiger partial charge on any atom is 0.225 e. The number of rotatable bonds is 5. The summed E-state index contributed by atoms with van der Waals surface area (Å²) in [4.78, 5) is 13.2. The average molecular weight is 219 g/mol. The maximum absolute atomic E-state index is 11.6. The van der Waals surface area contributed by atoms with Gasteiger partial charge in [-0.15, -0.1) is 6.58 Å². The van der Waals surface area contributed by atoms with Crippen molar-refractivity contribution in [2.24, 2.45) is 0 Å². The number of hydrogen-bond donors (Lipinski definition) is 1. The molecule has 1 aromatic rings. The fourth-order valence-corrected chi connectivity index (χ4v) is 1.36. The van der Waals surface area contributed by atoms with Gasteiger partial charge in [-0.1, -0.05) is 36.4 Å². The number of benzene rings is 1. The summed E-state index contributed by atoms with van der Waals surface area (Å²) in [7, 11) is 1.73. The second-order valence-electron chi connectivity index (χ2n) is 3.74. The van der Waals surface area contributed by atoms with Gasteiger partial charge in [-0.3, -0.25) is 4.79 Å². The summed E-state index contributed by atoms with van der Waals surface area (Å²) >= 11 is 0. The topological polar surface area (TPSA) is 40.5 Å². The quantitative estimate of drug-likeness (QED) is 0.764. The Morgan fingerprint density at radius 1 is 1.50 bits per heavy atom. The first-order valence-corrected chi connectivity index (χ1v) is 5.22. The highest BCUT2D eigenvalue weighted by atomic mass is 16.3. The van der Waals surface area contributed by atoms with Crippen molar-refractivity contribution < 1.29 is 9.90 Å². The van der Waals surface area contributed by atoms with Gasteiger partial charge in [0.2, 0.25) is 5.91 Å². The zero-order valence-corrected chi connectivity index (χ0v) is 9.47. The van der Waals surface area contributed by atoms with Crippen molar-refractivity contribution in [1.82, 2.24) is 4.90 Å². The summed E-state index contributed by atoms with van der Waals surface area (Å²) in [5.41, 5.74) is 1.08. The first-order chi connectivity index (χ1) is 7.63. The molecule has 3 heteroatoms. The molecule has 0 heterocycles. The van der Waals surface area contributed by atoms with E-state index in [0.717, 1.165) is 5.56 Å². The summed E-state index contributed by atoms with van der Waals surface area (Å²) in [5, 5.41) is 9.28. The van der Waals surface area contributed by atoms with Crippen LogP contribution in [0.2, 0.25) is 0 Å². The maximum atomic E-state index is 11.6. The van der Waals surface area contributed by atoms with Crippen LogP contribution in [0.25, 0.3) is 0 Å². The number of carbonyl (C=O) groups is 1. The standard InChI is InChI=1S/C13H17NO2/c1-3-12(15)9-13(16)14(2)10-11-7-5-4-6-8-11/h3-8,12,15H,1,9-10H2,2H3/t12-/m0/s1.